The summed E-state index contributed by atoms with van der Waals surface area (Å²) in [6, 6.07) is 20.0. The van der Waals surface area contributed by atoms with Gasteiger partial charge in [-0.1, -0.05) is 30.3 Å². The number of pyridine rings is 1. The van der Waals surface area contributed by atoms with Gasteiger partial charge >= 0.3 is 0 Å². The number of amides is 1. The van der Waals surface area contributed by atoms with Gasteiger partial charge in [0.1, 0.15) is 12.4 Å². The van der Waals surface area contributed by atoms with E-state index < -0.39 is 0 Å². The first-order valence-corrected chi connectivity index (χ1v) is 7.48. The Morgan fingerprint density at radius 2 is 1.62 bits per heavy atom. The molecule has 0 saturated heterocycles. The van der Waals surface area contributed by atoms with Crippen LogP contribution in [0.1, 0.15) is 15.9 Å². The minimum atomic E-state index is -0.270. The van der Waals surface area contributed by atoms with Crippen LogP contribution in [0.3, 0.4) is 0 Å². The summed E-state index contributed by atoms with van der Waals surface area (Å²) in [6.07, 6.45) is 2.57. The van der Waals surface area contributed by atoms with Crippen LogP contribution in [-0.2, 0) is 6.61 Å². The number of nitrogens with zero attached hydrogens (tertiary/aromatic N) is 1. The number of aromatic nitrogens is 1. The highest BCUT2D eigenvalue weighted by molar-refractivity contribution is 6.04. The van der Waals surface area contributed by atoms with E-state index in [1.165, 1.54) is 24.5 Å². The standard InChI is InChI=1S/C19H16N2O3/c22-19(16-10-12-21(23)13-11-16)20-17-6-8-18(9-7-17)24-14-15-4-2-1-3-5-15/h1-13H,14H2,(H,20,22). The third kappa shape index (κ3) is 4.10. The molecule has 0 unspecified atom stereocenters. The second kappa shape index (κ2) is 7.28. The quantitative estimate of drug-likeness (QED) is 0.580. The van der Waals surface area contributed by atoms with E-state index in [0.717, 1.165) is 11.3 Å². The predicted molar refractivity (Wildman–Crippen MR) is 90.6 cm³/mol. The highest BCUT2D eigenvalue weighted by atomic mass is 16.5. The van der Waals surface area contributed by atoms with Crippen LogP contribution in [0.2, 0.25) is 0 Å². The van der Waals surface area contributed by atoms with Gasteiger partial charge in [0, 0.05) is 17.8 Å². The molecule has 0 aliphatic heterocycles. The van der Waals surface area contributed by atoms with Crippen molar-refractivity contribution in [2.45, 2.75) is 6.61 Å². The molecule has 0 saturated carbocycles. The van der Waals surface area contributed by atoms with Gasteiger partial charge in [0.15, 0.2) is 12.4 Å². The second-order valence-corrected chi connectivity index (χ2v) is 5.20. The molecule has 0 atom stereocenters. The number of hydrogen-bond donors (Lipinski definition) is 1. The minimum absolute atomic E-state index is 0.270. The fraction of sp³-hybridized carbons (Fsp3) is 0.0526. The lowest BCUT2D eigenvalue weighted by Gasteiger charge is -2.08. The molecule has 0 fully saturated rings. The Kier molecular flexibility index (Phi) is 4.72. The van der Waals surface area contributed by atoms with Crippen molar-refractivity contribution in [1.29, 1.82) is 0 Å². The van der Waals surface area contributed by atoms with Gasteiger partial charge in [0.05, 0.1) is 5.56 Å². The second-order valence-electron chi connectivity index (χ2n) is 5.20. The molecule has 2 aromatic carbocycles. The number of carbonyl (C=O) groups excluding carboxylic acids is 1. The molecular weight excluding hydrogens is 304 g/mol. The fourth-order valence-corrected chi connectivity index (χ4v) is 2.14. The Balaban J connectivity index is 1.58. The van der Waals surface area contributed by atoms with Crippen molar-refractivity contribution >= 4 is 11.6 Å². The smallest absolute Gasteiger partial charge is 0.256 e. The summed E-state index contributed by atoms with van der Waals surface area (Å²) in [7, 11) is 0. The summed E-state index contributed by atoms with van der Waals surface area (Å²) >= 11 is 0. The highest BCUT2D eigenvalue weighted by Gasteiger charge is 2.07. The highest BCUT2D eigenvalue weighted by Crippen LogP contribution is 2.17. The molecule has 1 aromatic heterocycles. The zero-order valence-electron chi connectivity index (χ0n) is 12.9. The largest absolute Gasteiger partial charge is 0.619 e. The Bertz CT molecular complexity index is 800. The maximum atomic E-state index is 12.1. The summed E-state index contributed by atoms with van der Waals surface area (Å²) < 4.78 is 6.33. The first-order valence-electron chi connectivity index (χ1n) is 7.48. The van der Waals surface area contributed by atoms with Crippen molar-refractivity contribution in [3.8, 4) is 5.75 Å². The number of anilines is 1. The Morgan fingerprint density at radius 1 is 0.958 bits per heavy atom. The first kappa shape index (κ1) is 15.6. The molecule has 5 nitrogen and oxygen atoms in total. The van der Waals surface area contributed by atoms with Gasteiger partial charge in [-0.15, -0.1) is 0 Å². The van der Waals surface area contributed by atoms with Crippen LogP contribution in [0.15, 0.2) is 79.1 Å². The summed E-state index contributed by atoms with van der Waals surface area (Å²) in [5, 5.41) is 13.7. The third-order valence-electron chi connectivity index (χ3n) is 3.42. The maximum Gasteiger partial charge on any atom is 0.256 e. The van der Waals surface area contributed by atoms with E-state index in [9.17, 15) is 10.0 Å². The van der Waals surface area contributed by atoms with Crippen molar-refractivity contribution in [2.75, 3.05) is 5.32 Å². The molecule has 3 aromatic rings. The lowest BCUT2D eigenvalue weighted by molar-refractivity contribution is -0.605. The van der Waals surface area contributed by atoms with Gasteiger partial charge in [0.25, 0.3) is 5.91 Å². The van der Waals surface area contributed by atoms with Gasteiger partial charge in [0.2, 0.25) is 0 Å². The van der Waals surface area contributed by atoms with Crippen LogP contribution in [0, 0.1) is 5.21 Å². The number of nitrogens with one attached hydrogen (secondary N) is 1. The van der Waals surface area contributed by atoms with Crippen molar-refractivity contribution < 1.29 is 14.3 Å². The van der Waals surface area contributed by atoms with E-state index in [1.807, 2.05) is 30.3 Å². The predicted octanol–water partition coefficient (Wildman–Crippen LogP) is 3.15. The molecule has 120 valence electrons. The molecule has 0 bridgehead atoms. The molecular formula is C19H16N2O3. The minimum Gasteiger partial charge on any atom is -0.619 e. The van der Waals surface area contributed by atoms with Gasteiger partial charge in [-0.3, -0.25) is 4.79 Å². The maximum absolute atomic E-state index is 12.1. The monoisotopic (exact) mass is 320 g/mol. The molecule has 1 N–H and O–H groups in total. The number of benzene rings is 2. The van der Waals surface area contributed by atoms with Crippen molar-refractivity contribution in [3.63, 3.8) is 0 Å². The van der Waals surface area contributed by atoms with E-state index in [2.05, 4.69) is 5.32 Å². The fourth-order valence-electron chi connectivity index (χ4n) is 2.14. The molecule has 3 rings (SSSR count). The Morgan fingerprint density at radius 3 is 2.29 bits per heavy atom. The van der Waals surface area contributed by atoms with Crippen LogP contribution in [0.4, 0.5) is 5.69 Å². The van der Waals surface area contributed by atoms with Crippen LogP contribution in [0.5, 0.6) is 5.75 Å². The van der Waals surface area contributed by atoms with Crippen LogP contribution < -0.4 is 14.8 Å². The zero-order valence-corrected chi connectivity index (χ0v) is 12.9. The lowest BCUT2D eigenvalue weighted by atomic mass is 10.2. The summed E-state index contributed by atoms with van der Waals surface area (Å²) in [6.45, 7) is 0.492. The Hall–Kier alpha value is -3.34. The number of carbonyl (C=O) groups is 1. The molecule has 1 amide bonds. The molecule has 1 heterocycles. The lowest BCUT2D eigenvalue weighted by Crippen LogP contribution is -2.25. The van der Waals surface area contributed by atoms with Crippen LogP contribution >= 0.6 is 0 Å². The summed E-state index contributed by atoms with van der Waals surface area (Å²) in [4.78, 5) is 12.1. The average molecular weight is 320 g/mol. The molecule has 5 heteroatoms. The van der Waals surface area contributed by atoms with E-state index in [-0.39, 0.29) is 5.91 Å². The first-order chi connectivity index (χ1) is 11.7. The van der Waals surface area contributed by atoms with E-state index >= 15 is 0 Å². The zero-order chi connectivity index (χ0) is 16.8. The van der Waals surface area contributed by atoms with Gasteiger partial charge in [-0.25, -0.2) is 0 Å². The number of rotatable bonds is 5. The molecule has 0 aliphatic carbocycles. The molecule has 24 heavy (non-hydrogen) atoms. The normalized spacial score (nSPS) is 10.2. The topological polar surface area (TPSA) is 65.3 Å². The Labute approximate surface area is 139 Å². The van der Waals surface area contributed by atoms with E-state index in [0.29, 0.717) is 22.6 Å². The molecule has 0 spiro atoms. The number of ether oxygens (including phenoxy) is 1. The van der Waals surface area contributed by atoms with E-state index in [1.54, 1.807) is 24.3 Å². The molecule has 0 aliphatic rings. The van der Waals surface area contributed by atoms with Crippen LogP contribution in [-0.4, -0.2) is 5.91 Å². The average Bonchev–Trinajstić information content (AvgIpc) is 2.62. The third-order valence-corrected chi connectivity index (χ3v) is 3.42. The van der Waals surface area contributed by atoms with Crippen molar-refractivity contribution in [1.82, 2.24) is 0 Å². The van der Waals surface area contributed by atoms with Crippen molar-refractivity contribution in [3.05, 3.63) is 95.5 Å². The number of hydrogen-bond acceptors (Lipinski definition) is 3. The van der Waals surface area contributed by atoms with E-state index in [4.69, 9.17) is 4.74 Å². The van der Waals surface area contributed by atoms with Gasteiger partial charge < -0.3 is 15.3 Å². The SMILES string of the molecule is O=C(Nc1ccc(OCc2ccccc2)cc1)c1cc[n+]([O-])cc1. The van der Waals surface area contributed by atoms with Gasteiger partial charge in [-0.2, -0.15) is 4.73 Å². The summed E-state index contributed by atoms with van der Waals surface area (Å²) in [5.74, 6) is 0.456. The van der Waals surface area contributed by atoms with Crippen molar-refractivity contribution in [2.24, 2.45) is 0 Å². The molecule has 0 radical (unpaired) electrons. The van der Waals surface area contributed by atoms with Gasteiger partial charge in [-0.05, 0) is 29.8 Å². The van der Waals surface area contributed by atoms with Crippen LogP contribution in [0.25, 0.3) is 0 Å². The summed E-state index contributed by atoms with van der Waals surface area (Å²) in [5.41, 5.74) is 2.17.